The van der Waals surface area contributed by atoms with Gasteiger partial charge in [0.25, 0.3) is 11.7 Å². The minimum absolute atomic E-state index is 0.0759. The van der Waals surface area contributed by atoms with E-state index in [4.69, 9.17) is 4.52 Å². The topological polar surface area (TPSA) is 122 Å². The normalized spacial score (nSPS) is 15.7. The number of amides is 1. The molecule has 0 aliphatic heterocycles. The van der Waals surface area contributed by atoms with E-state index in [-0.39, 0.29) is 23.2 Å². The number of carbonyl (C=O) groups excluding carboxylic acids is 1. The molecule has 0 saturated carbocycles. The molecule has 1 aliphatic carbocycles. The Labute approximate surface area is 210 Å². The van der Waals surface area contributed by atoms with Crippen molar-refractivity contribution in [1.29, 1.82) is 0 Å². The van der Waals surface area contributed by atoms with E-state index >= 15 is 0 Å². The highest BCUT2D eigenvalue weighted by atomic mass is 16.5. The number of aromatic amines is 1. The second kappa shape index (κ2) is 9.56. The molecule has 0 bridgehead atoms. The number of hydrogen-bond acceptors (Lipinski definition) is 7. The maximum absolute atomic E-state index is 12.9. The number of rotatable bonds is 5. The molecule has 0 saturated heterocycles. The van der Waals surface area contributed by atoms with Gasteiger partial charge in [-0.25, -0.2) is 4.98 Å². The predicted molar refractivity (Wildman–Crippen MR) is 137 cm³/mol. The van der Waals surface area contributed by atoms with Crippen LogP contribution >= 0.6 is 0 Å². The van der Waals surface area contributed by atoms with Crippen LogP contribution in [0.3, 0.4) is 0 Å². The Hall–Kier alpha value is -4.01. The smallest absolute Gasteiger partial charge is 0.293 e. The highest BCUT2D eigenvalue weighted by Gasteiger charge is 2.27. The van der Waals surface area contributed by atoms with Crippen LogP contribution in [0.5, 0.6) is 0 Å². The molecule has 0 fully saturated rings. The highest BCUT2D eigenvalue weighted by Crippen LogP contribution is 2.33. The van der Waals surface area contributed by atoms with Crippen molar-refractivity contribution < 1.29 is 9.32 Å². The van der Waals surface area contributed by atoms with Crippen molar-refractivity contribution in [1.82, 2.24) is 30.6 Å². The number of benzene rings is 1. The molecule has 4 aromatic rings. The summed E-state index contributed by atoms with van der Waals surface area (Å²) >= 11 is 0. The third-order valence-electron chi connectivity index (χ3n) is 6.47. The molecule has 9 nitrogen and oxygen atoms in total. The SMILES string of the molecule is Cc1[nH]ncc1Nc1cc(-c2ccc3c(c2)CCCC[C@H]3NC(=O)c2noc(C(C)(C)C)n2)ccn1. The molecule has 3 aromatic heterocycles. The number of hydrogen-bond donors (Lipinski definition) is 3. The zero-order valence-corrected chi connectivity index (χ0v) is 21.1. The molecule has 1 aromatic carbocycles. The fourth-order valence-electron chi connectivity index (χ4n) is 4.45. The van der Waals surface area contributed by atoms with Crippen molar-refractivity contribution in [2.75, 3.05) is 5.32 Å². The Morgan fingerprint density at radius 3 is 2.72 bits per heavy atom. The Kier molecular flexibility index (Phi) is 6.30. The number of nitrogens with zero attached hydrogens (tertiary/aromatic N) is 4. The molecule has 1 amide bonds. The van der Waals surface area contributed by atoms with E-state index in [0.717, 1.165) is 59.6 Å². The molecule has 9 heteroatoms. The molecular weight excluding hydrogens is 454 g/mol. The molecule has 0 radical (unpaired) electrons. The van der Waals surface area contributed by atoms with Gasteiger partial charge in [0.05, 0.1) is 23.6 Å². The Morgan fingerprint density at radius 2 is 1.97 bits per heavy atom. The van der Waals surface area contributed by atoms with Gasteiger partial charge >= 0.3 is 0 Å². The van der Waals surface area contributed by atoms with E-state index in [1.54, 1.807) is 12.4 Å². The fourth-order valence-corrected chi connectivity index (χ4v) is 4.45. The molecular formula is C27H31N7O2. The van der Waals surface area contributed by atoms with Gasteiger partial charge in [-0.2, -0.15) is 10.1 Å². The lowest BCUT2D eigenvalue weighted by Gasteiger charge is -2.19. The van der Waals surface area contributed by atoms with Crippen LogP contribution < -0.4 is 10.6 Å². The summed E-state index contributed by atoms with van der Waals surface area (Å²) in [6, 6.07) is 10.4. The van der Waals surface area contributed by atoms with Gasteiger partial charge in [0.1, 0.15) is 5.82 Å². The van der Waals surface area contributed by atoms with E-state index < -0.39 is 0 Å². The molecule has 186 valence electrons. The van der Waals surface area contributed by atoms with Crippen LogP contribution in [-0.4, -0.2) is 31.2 Å². The first-order valence-electron chi connectivity index (χ1n) is 12.3. The summed E-state index contributed by atoms with van der Waals surface area (Å²) in [5, 5.41) is 17.3. The Bertz CT molecular complexity index is 1380. The third kappa shape index (κ3) is 5.00. The number of H-pyrrole nitrogens is 1. The molecule has 3 heterocycles. The molecule has 1 atom stereocenters. The van der Waals surface area contributed by atoms with Crippen LogP contribution in [0.4, 0.5) is 11.5 Å². The predicted octanol–water partition coefficient (Wildman–Crippen LogP) is 5.40. The number of fused-ring (bicyclic) bond motifs is 1. The van der Waals surface area contributed by atoms with Gasteiger partial charge in [-0.15, -0.1) is 0 Å². The van der Waals surface area contributed by atoms with Crippen LogP contribution in [0.25, 0.3) is 11.1 Å². The van der Waals surface area contributed by atoms with Crippen LogP contribution in [0.1, 0.15) is 79.4 Å². The molecule has 0 spiro atoms. The van der Waals surface area contributed by atoms with E-state index in [2.05, 4.69) is 54.2 Å². The Morgan fingerprint density at radius 1 is 1.14 bits per heavy atom. The monoisotopic (exact) mass is 485 g/mol. The molecule has 36 heavy (non-hydrogen) atoms. The first-order valence-corrected chi connectivity index (χ1v) is 12.3. The van der Waals surface area contributed by atoms with Gasteiger partial charge in [0.15, 0.2) is 0 Å². The number of carbonyl (C=O) groups is 1. The average molecular weight is 486 g/mol. The average Bonchev–Trinajstić information content (AvgIpc) is 3.46. The minimum Gasteiger partial charge on any atom is -0.342 e. The summed E-state index contributed by atoms with van der Waals surface area (Å²) < 4.78 is 5.31. The second-order valence-corrected chi connectivity index (χ2v) is 10.3. The van der Waals surface area contributed by atoms with E-state index in [9.17, 15) is 4.79 Å². The van der Waals surface area contributed by atoms with Gasteiger partial charge < -0.3 is 15.2 Å². The largest absolute Gasteiger partial charge is 0.342 e. The third-order valence-corrected chi connectivity index (χ3v) is 6.47. The maximum atomic E-state index is 12.9. The van der Waals surface area contributed by atoms with Crippen LogP contribution in [0.2, 0.25) is 0 Å². The Balaban J connectivity index is 1.37. The summed E-state index contributed by atoms with van der Waals surface area (Å²) in [5.74, 6) is 0.974. The second-order valence-electron chi connectivity index (χ2n) is 10.3. The number of pyridine rings is 1. The minimum atomic E-state index is -0.310. The number of nitrogens with one attached hydrogen (secondary N) is 3. The lowest BCUT2D eigenvalue weighted by molar-refractivity contribution is 0.0921. The van der Waals surface area contributed by atoms with Crippen molar-refractivity contribution in [2.24, 2.45) is 0 Å². The molecule has 0 unspecified atom stereocenters. The van der Waals surface area contributed by atoms with Crippen molar-refractivity contribution >= 4 is 17.4 Å². The number of aromatic nitrogens is 5. The lowest BCUT2D eigenvalue weighted by atomic mass is 9.94. The van der Waals surface area contributed by atoms with E-state index in [0.29, 0.717) is 5.89 Å². The van der Waals surface area contributed by atoms with Gasteiger partial charge in [-0.05, 0) is 60.6 Å². The summed E-state index contributed by atoms with van der Waals surface area (Å²) in [6.07, 6.45) is 7.49. The van der Waals surface area contributed by atoms with Gasteiger partial charge in [-0.3, -0.25) is 9.89 Å². The first-order chi connectivity index (χ1) is 17.3. The maximum Gasteiger partial charge on any atom is 0.293 e. The first kappa shape index (κ1) is 23.7. The quantitative estimate of drug-likeness (QED) is 0.323. The van der Waals surface area contributed by atoms with Gasteiger partial charge in [-0.1, -0.05) is 50.5 Å². The summed E-state index contributed by atoms with van der Waals surface area (Å²) in [6.45, 7) is 7.88. The molecule has 5 rings (SSSR count). The summed E-state index contributed by atoms with van der Waals surface area (Å²) in [7, 11) is 0. The zero-order valence-electron chi connectivity index (χ0n) is 21.1. The molecule has 1 aliphatic rings. The van der Waals surface area contributed by atoms with Crippen molar-refractivity contribution in [3.05, 3.63) is 71.3 Å². The lowest BCUT2D eigenvalue weighted by Crippen LogP contribution is -2.29. The summed E-state index contributed by atoms with van der Waals surface area (Å²) in [5.41, 5.74) is 6.12. The van der Waals surface area contributed by atoms with Crippen molar-refractivity contribution in [3.63, 3.8) is 0 Å². The van der Waals surface area contributed by atoms with Gasteiger partial charge in [0, 0.05) is 11.6 Å². The van der Waals surface area contributed by atoms with Crippen LogP contribution in [0.15, 0.2) is 47.2 Å². The number of anilines is 2. The van der Waals surface area contributed by atoms with Crippen LogP contribution in [-0.2, 0) is 11.8 Å². The fraction of sp³-hybridized carbons (Fsp3) is 0.370. The van der Waals surface area contributed by atoms with Gasteiger partial charge in [0.2, 0.25) is 5.89 Å². The number of aryl methyl sites for hydroxylation is 2. The standard InChI is InChI=1S/C27H31N7O2/c1-16-22(15-29-33-16)30-23-14-18(11-12-28-23)17-9-10-20-19(13-17)7-5-6-8-21(20)31-25(35)24-32-26(36-34-24)27(2,3)4/h9-15,21H,5-8H2,1-4H3,(H,28,30)(H,29,33)(H,31,35)/t21-/m1/s1. The summed E-state index contributed by atoms with van der Waals surface area (Å²) in [4.78, 5) is 21.7. The van der Waals surface area contributed by atoms with Crippen molar-refractivity contribution in [3.8, 4) is 11.1 Å². The molecule has 3 N–H and O–H groups in total. The van der Waals surface area contributed by atoms with E-state index in [1.807, 2.05) is 39.8 Å². The van der Waals surface area contributed by atoms with E-state index in [1.165, 1.54) is 5.56 Å². The van der Waals surface area contributed by atoms with Crippen LogP contribution in [0, 0.1) is 6.92 Å². The zero-order chi connectivity index (χ0) is 25.3. The van der Waals surface area contributed by atoms with Crippen molar-refractivity contribution in [2.45, 2.75) is 64.8 Å². The highest BCUT2D eigenvalue weighted by molar-refractivity contribution is 5.90.